The zero-order valence-corrected chi connectivity index (χ0v) is 17.6. The predicted octanol–water partition coefficient (Wildman–Crippen LogP) is 4.05. The van der Waals surface area contributed by atoms with Crippen LogP contribution in [0.15, 0.2) is 83.8 Å². The molecule has 0 spiro atoms. The number of carbonyl (C=O) groups is 1. The summed E-state index contributed by atoms with van der Waals surface area (Å²) in [4.78, 5) is 12.8. The Hall–Kier alpha value is -3.16. The minimum absolute atomic E-state index is 0.0544. The molecule has 3 aromatic rings. The Morgan fingerprint density at radius 1 is 0.933 bits per heavy atom. The summed E-state index contributed by atoms with van der Waals surface area (Å²) in [5.41, 5.74) is 2.28. The van der Waals surface area contributed by atoms with E-state index in [1.54, 1.807) is 67.8 Å². The summed E-state index contributed by atoms with van der Waals surface area (Å²) in [6.07, 6.45) is -0.0544. The van der Waals surface area contributed by atoms with Crippen molar-refractivity contribution in [3.63, 3.8) is 0 Å². The van der Waals surface area contributed by atoms with Crippen LogP contribution >= 0.6 is 0 Å². The van der Waals surface area contributed by atoms with Crippen molar-refractivity contribution in [1.82, 2.24) is 4.72 Å². The van der Waals surface area contributed by atoms with Gasteiger partial charge in [0.2, 0.25) is 15.9 Å². The number of benzene rings is 3. The van der Waals surface area contributed by atoms with Crippen molar-refractivity contribution in [3.05, 3.63) is 90.0 Å². The van der Waals surface area contributed by atoms with Crippen LogP contribution in [0.4, 0.5) is 5.69 Å². The summed E-state index contributed by atoms with van der Waals surface area (Å²) < 4.78 is 33.5. The van der Waals surface area contributed by atoms with Gasteiger partial charge in [-0.1, -0.05) is 48.0 Å². The summed E-state index contributed by atoms with van der Waals surface area (Å²) in [6.45, 7) is 1.89. The second-order valence-corrected chi connectivity index (χ2v) is 8.59. The lowest BCUT2D eigenvalue weighted by Gasteiger charge is -2.19. The molecule has 0 aliphatic carbocycles. The topological polar surface area (TPSA) is 84.5 Å². The molecule has 0 bridgehead atoms. The number of nitrogens with one attached hydrogen (secondary N) is 2. The number of hydrogen-bond donors (Lipinski definition) is 2. The van der Waals surface area contributed by atoms with Gasteiger partial charge < -0.3 is 10.1 Å². The number of aryl methyl sites for hydroxylation is 1. The van der Waals surface area contributed by atoms with Crippen LogP contribution in [0.5, 0.6) is 5.75 Å². The second kappa shape index (κ2) is 9.56. The number of methoxy groups -OCH3 is 1. The quantitative estimate of drug-likeness (QED) is 0.571. The SMILES string of the molecule is COc1ccc(NC(=O)C[C@H](NS(=O)(=O)c2ccc(C)cc2)c2ccccc2)cc1. The van der Waals surface area contributed by atoms with Crippen LogP contribution in [0, 0.1) is 6.92 Å². The molecule has 0 aliphatic rings. The highest BCUT2D eigenvalue weighted by atomic mass is 32.2. The van der Waals surface area contributed by atoms with E-state index in [4.69, 9.17) is 4.74 Å². The number of anilines is 1. The van der Waals surface area contributed by atoms with Gasteiger partial charge >= 0.3 is 0 Å². The lowest BCUT2D eigenvalue weighted by molar-refractivity contribution is -0.116. The Morgan fingerprint density at radius 3 is 2.17 bits per heavy atom. The molecule has 156 valence electrons. The monoisotopic (exact) mass is 424 g/mol. The van der Waals surface area contributed by atoms with Crippen LogP contribution < -0.4 is 14.8 Å². The molecular weight excluding hydrogens is 400 g/mol. The minimum atomic E-state index is -3.80. The Balaban J connectivity index is 1.78. The van der Waals surface area contributed by atoms with E-state index in [2.05, 4.69) is 10.0 Å². The molecule has 3 rings (SSSR count). The maximum Gasteiger partial charge on any atom is 0.241 e. The maximum atomic E-state index is 12.9. The van der Waals surface area contributed by atoms with E-state index in [0.29, 0.717) is 17.0 Å². The molecule has 0 radical (unpaired) electrons. The third-order valence-corrected chi connectivity index (χ3v) is 6.08. The fraction of sp³-hybridized carbons (Fsp3) is 0.174. The molecule has 30 heavy (non-hydrogen) atoms. The predicted molar refractivity (Wildman–Crippen MR) is 117 cm³/mol. The molecule has 2 N–H and O–H groups in total. The summed E-state index contributed by atoms with van der Waals surface area (Å²) >= 11 is 0. The fourth-order valence-electron chi connectivity index (χ4n) is 2.96. The van der Waals surface area contributed by atoms with E-state index in [1.165, 1.54) is 0 Å². The van der Waals surface area contributed by atoms with Crippen LogP contribution in [0.25, 0.3) is 0 Å². The fourth-order valence-corrected chi connectivity index (χ4v) is 4.18. The van der Waals surface area contributed by atoms with Crippen LogP contribution in [-0.2, 0) is 14.8 Å². The standard InChI is InChI=1S/C23H24N2O4S/c1-17-8-14-21(15-9-17)30(27,28)25-22(18-6-4-3-5-7-18)16-23(26)24-19-10-12-20(29-2)13-11-19/h3-15,22,25H,16H2,1-2H3,(H,24,26)/t22-/m0/s1. The molecule has 1 atom stereocenters. The molecule has 0 saturated carbocycles. The van der Waals surface area contributed by atoms with Gasteiger partial charge in [-0.25, -0.2) is 13.1 Å². The first kappa shape index (κ1) is 21.5. The Kier molecular flexibility index (Phi) is 6.87. The van der Waals surface area contributed by atoms with E-state index >= 15 is 0 Å². The molecule has 1 amide bonds. The molecule has 6 nitrogen and oxygen atoms in total. The van der Waals surface area contributed by atoms with Crippen LogP contribution in [0.1, 0.15) is 23.6 Å². The van der Waals surface area contributed by atoms with Gasteiger partial charge in [0, 0.05) is 12.1 Å². The van der Waals surface area contributed by atoms with Gasteiger partial charge in [-0.05, 0) is 48.9 Å². The van der Waals surface area contributed by atoms with Crippen molar-refractivity contribution in [2.24, 2.45) is 0 Å². The molecule has 0 heterocycles. The van der Waals surface area contributed by atoms with E-state index < -0.39 is 16.1 Å². The van der Waals surface area contributed by atoms with Crippen molar-refractivity contribution in [1.29, 1.82) is 0 Å². The van der Waals surface area contributed by atoms with Gasteiger partial charge in [-0.3, -0.25) is 4.79 Å². The average molecular weight is 425 g/mol. The molecule has 0 aliphatic heterocycles. The third-order valence-electron chi connectivity index (χ3n) is 4.59. The van der Waals surface area contributed by atoms with Crippen molar-refractivity contribution in [2.45, 2.75) is 24.3 Å². The van der Waals surface area contributed by atoms with Crippen molar-refractivity contribution >= 4 is 21.6 Å². The van der Waals surface area contributed by atoms with Gasteiger partial charge in [-0.2, -0.15) is 0 Å². The van der Waals surface area contributed by atoms with Crippen molar-refractivity contribution in [2.75, 3.05) is 12.4 Å². The van der Waals surface area contributed by atoms with Crippen molar-refractivity contribution < 1.29 is 17.9 Å². The lowest BCUT2D eigenvalue weighted by atomic mass is 10.0. The summed E-state index contributed by atoms with van der Waals surface area (Å²) in [7, 11) is -2.23. The number of ether oxygens (including phenoxy) is 1. The first-order chi connectivity index (χ1) is 14.4. The average Bonchev–Trinajstić information content (AvgIpc) is 2.74. The largest absolute Gasteiger partial charge is 0.497 e. The zero-order chi connectivity index (χ0) is 21.6. The number of sulfonamides is 1. The third kappa shape index (κ3) is 5.68. The number of rotatable bonds is 8. The molecular formula is C23H24N2O4S. The van der Waals surface area contributed by atoms with Gasteiger partial charge in [0.05, 0.1) is 18.0 Å². The molecule has 3 aromatic carbocycles. The molecule has 0 saturated heterocycles. The van der Waals surface area contributed by atoms with E-state index in [-0.39, 0.29) is 17.2 Å². The van der Waals surface area contributed by atoms with Gasteiger partial charge in [0.1, 0.15) is 5.75 Å². The number of hydrogen-bond acceptors (Lipinski definition) is 4. The zero-order valence-electron chi connectivity index (χ0n) is 16.8. The Bertz CT molecular complexity index is 1080. The van der Waals surface area contributed by atoms with E-state index in [1.807, 2.05) is 25.1 Å². The van der Waals surface area contributed by atoms with Crippen LogP contribution in [0.2, 0.25) is 0 Å². The van der Waals surface area contributed by atoms with Gasteiger partial charge in [0.15, 0.2) is 0 Å². The first-order valence-corrected chi connectivity index (χ1v) is 10.9. The maximum absolute atomic E-state index is 12.9. The highest BCUT2D eigenvalue weighted by Gasteiger charge is 2.23. The summed E-state index contributed by atoms with van der Waals surface area (Å²) in [5.74, 6) is 0.377. The molecule has 0 fully saturated rings. The number of carbonyl (C=O) groups excluding carboxylic acids is 1. The summed E-state index contributed by atoms with van der Waals surface area (Å²) in [5, 5.41) is 2.80. The van der Waals surface area contributed by atoms with E-state index in [9.17, 15) is 13.2 Å². The number of amides is 1. The van der Waals surface area contributed by atoms with E-state index in [0.717, 1.165) is 5.56 Å². The van der Waals surface area contributed by atoms with Crippen LogP contribution in [-0.4, -0.2) is 21.4 Å². The van der Waals surface area contributed by atoms with Gasteiger partial charge in [0.25, 0.3) is 0 Å². The minimum Gasteiger partial charge on any atom is -0.497 e. The van der Waals surface area contributed by atoms with Gasteiger partial charge in [-0.15, -0.1) is 0 Å². The summed E-state index contributed by atoms with van der Waals surface area (Å²) in [6, 6.07) is 21.9. The highest BCUT2D eigenvalue weighted by molar-refractivity contribution is 7.89. The Morgan fingerprint density at radius 2 is 1.57 bits per heavy atom. The normalized spacial score (nSPS) is 12.2. The first-order valence-electron chi connectivity index (χ1n) is 9.45. The smallest absolute Gasteiger partial charge is 0.241 e. The van der Waals surface area contributed by atoms with Crippen molar-refractivity contribution in [3.8, 4) is 5.75 Å². The highest BCUT2D eigenvalue weighted by Crippen LogP contribution is 2.22. The Labute approximate surface area is 177 Å². The van der Waals surface area contributed by atoms with Crippen LogP contribution in [0.3, 0.4) is 0 Å². The lowest BCUT2D eigenvalue weighted by Crippen LogP contribution is -2.31. The second-order valence-electron chi connectivity index (χ2n) is 6.88. The molecule has 7 heteroatoms. The molecule has 0 aromatic heterocycles. The molecule has 0 unspecified atom stereocenters.